The summed E-state index contributed by atoms with van der Waals surface area (Å²) in [4.78, 5) is 27.0. The van der Waals surface area contributed by atoms with Gasteiger partial charge in [-0.3, -0.25) is 14.8 Å². The molecule has 0 fully saturated rings. The highest BCUT2D eigenvalue weighted by Gasteiger charge is 2.25. The van der Waals surface area contributed by atoms with Gasteiger partial charge in [-0.25, -0.2) is 4.79 Å². The minimum absolute atomic E-state index is 0.0867. The van der Waals surface area contributed by atoms with Crippen LogP contribution in [0.4, 0.5) is 16.2 Å². The number of hydrogen-bond acceptors (Lipinski definition) is 4. The van der Waals surface area contributed by atoms with E-state index < -0.39 is 11.7 Å². The lowest BCUT2D eigenvalue weighted by Gasteiger charge is -2.31. The van der Waals surface area contributed by atoms with Crippen molar-refractivity contribution in [3.8, 4) is 0 Å². The van der Waals surface area contributed by atoms with E-state index in [1.54, 1.807) is 4.68 Å². The minimum atomic E-state index is -0.564. The second kappa shape index (κ2) is 8.27. The van der Waals surface area contributed by atoms with Crippen molar-refractivity contribution in [1.29, 1.82) is 0 Å². The van der Waals surface area contributed by atoms with Gasteiger partial charge in [0.2, 0.25) is 5.91 Å². The fourth-order valence-electron chi connectivity index (χ4n) is 3.69. The second-order valence-electron chi connectivity index (χ2n) is 8.49. The van der Waals surface area contributed by atoms with Gasteiger partial charge in [0.1, 0.15) is 5.60 Å². The highest BCUT2D eigenvalue weighted by Crippen LogP contribution is 2.33. The lowest BCUT2D eigenvalue weighted by molar-refractivity contribution is -0.118. The first-order chi connectivity index (χ1) is 13.6. The van der Waals surface area contributed by atoms with Gasteiger partial charge in [0.25, 0.3) is 0 Å². The zero-order valence-electron chi connectivity index (χ0n) is 17.9. The van der Waals surface area contributed by atoms with Crippen molar-refractivity contribution in [2.45, 2.75) is 59.0 Å². The number of amides is 2. The first-order valence-corrected chi connectivity index (χ1v) is 10.1. The number of carbonyl (C=O) groups is 2. The molecule has 0 radical (unpaired) electrons. The highest BCUT2D eigenvalue weighted by molar-refractivity contribution is 5.97. The van der Waals surface area contributed by atoms with Crippen molar-refractivity contribution < 1.29 is 14.3 Å². The van der Waals surface area contributed by atoms with Crippen LogP contribution in [-0.4, -0.2) is 33.9 Å². The third-order valence-corrected chi connectivity index (χ3v) is 4.91. The fourth-order valence-corrected chi connectivity index (χ4v) is 3.69. The molecule has 0 saturated carbocycles. The summed E-state index contributed by atoms with van der Waals surface area (Å²) >= 11 is 0. The number of rotatable bonds is 4. The Labute approximate surface area is 172 Å². The molecule has 2 aromatic rings. The molecule has 1 aliphatic heterocycles. The normalized spacial score (nSPS) is 13.8. The molecule has 7 heteroatoms. The summed E-state index contributed by atoms with van der Waals surface area (Å²) in [6, 6.07) is 5.67. The Morgan fingerprint density at radius 1 is 1.28 bits per heavy atom. The molecule has 7 nitrogen and oxygen atoms in total. The van der Waals surface area contributed by atoms with Crippen molar-refractivity contribution >= 4 is 23.4 Å². The number of nitrogens with zero attached hydrogens (tertiary/aromatic N) is 3. The van der Waals surface area contributed by atoms with Crippen molar-refractivity contribution in [3.63, 3.8) is 0 Å². The lowest BCUT2D eigenvalue weighted by Crippen LogP contribution is -2.36. The molecule has 2 heterocycles. The van der Waals surface area contributed by atoms with Gasteiger partial charge in [-0.2, -0.15) is 5.10 Å². The number of ether oxygens (including phenoxy) is 1. The number of fused-ring (bicyclic) bond motifs is 1. The lowest BCUT2D eigenvalue weighted by atomic mass is 9.99. The molecule has 1 N–H and O–H groups in total. The van der Waals surface area contributed by atoms with Gasteiger partial charge in [-0.15, -0.1) is 0 Å². The molecule has 156 valence electrons. The molecule has 0 aliphatic carbocycles. The molecule has 0 spiro atoms. The minimum Gasteiger partial charge on any atom is -0.444 e. The van der Waals surface area contributed by atoms with Crippen molar-refractivity contribution in [2.24, 2.45) is 7.05 Å². The van der Waals surface area contributed by atoms with E-state index in [0.29, 0.717) is 25.1 Å². The molecule has 0 atom stereocenters. The summed E-state index contributed by atoms with van der Waals surface area (Å²) in [7, 11) is 1.89. The molecule has 0 bridgehead atoms. The summed E-state index contributed by atoms with van der Waals surface area (Å²) in [5.41, 5.74) is 4.05. The molecule has 1 aliphatic rings. The Balaban J connectivity index is 1.73. The van der Waals surface area contributed by atoms with Crippen LogP contribution in [0.3, 0.4) is 0 Å². The summed E-state index contributed by atoms with van der Waals surface area (Å²) in [5, 5.41) is 7.19. The number of benzene rings is 1. The van der Waals surface area contributed by atoms with Crippen LogP contribution in [0.2, 0.25) is 0 Å². The van der Waals surface area contributed by atoms with Crippen LogP contribution in [0.5, 0.6) is 0 Å². The molecule has 3 rings (SSSR count). The molecule has 1 aromatic carbocycles. The van der Waals surface area contributed by atoms with Crippen LogP contribution < -0.4 is 10.2 Å². The monoisotopic (exact) mass is 398 g/mol. The standard InChI is InChI=1S/C22H30N4O3/c1-15-16(14-25(5)24-15)11-12-20(27)26-13-7-8-17-18(9-6-10-19(17)26)23-21(28)29-22(2,3)4/h6,9-10,14H,7-8,11-13H2,1-5H3,(H,23,28). The fraction of sp³-hybridized carbons (Fsp3) is 0.500. The first kappa shape index (κ1) is 20.9. The van der Waals surface area contributed by atoms with E-state index in [2.05, 4.69) is 10.4 Å². The van der Waals surface area contributed by atoms with Crippen LogP contribution in [0.15, 0.2) is 24.4 Å². The van der Waals surface area contributed by atoms with Crippen molar-refractivity contribution in [3.05, 3.63) is 41.2 Å². The Morgan fingerprint density at radius 2 is 2.03 bits per heavy atom. The predicted molar refractivity (Wildman–Crippen MR) is 113 cm³/mol. The van der Waals surface area contributed by atoms with E-state index in [9.17, 15) is 9.59 Å². The predicted octanol–water partition coefficient (Wildman–Crippen LogP) is 3.99. The highest BCUT2D eigenvalue weighted by atomic mass is 16.6. The Morgan fingerprint density at radius 3 is 2.69 bits per heavy atom. The Bertz CT molecular complexity index is 911. The van der Waals surface area contributed by atoms with Gasteiger partial charge >= 0.3 is 6.09 Å². The number of nitrogens with one attached hydrogen (secondary N) is 1. The number of hydrogen-bond donors (Lipinski definition) is 1. The molecular formula is C22H30N4O3. The van der Waals surface area contributed by atoms with E-state index in [1.165, 1.54) is 0 Å². The number of carbonyl (C=O) groups excluding carboxylic acids is 2. The topological polar surface area (TPSA) is 76.5 Å². The summed E-state index contributed by atoms with van der Waals surface area (Å²) in [5.74, 6) is 0.0867. The van der Waals surface area contributed by atoms with Crippen LogP contribution in [0.25, 0.3) is 0 Å². The van der Waals surface area contributed by atoms with Crippen LogP contribution in [0.1, 0.15) is 50.4 Å². The quantitative estimate of drug-likeness (QED) is 0.845. The van der Waals surface area contributed by atoms with Crippen molar-refractivity contribution in [1.82, 2.24) is 9.78 Å². The van der Waals surface area contributed by atoms with E-state index in [4.69, 9.17) is 4.74 Å². The maximum absolute atomic E-state index is 13.0. The zero-order chi connectivity index (χ0) is 21.2. The van der Waals surface area contributed by atoms with Gasteiger partial charge in [0, 0.05) is 37.6 Å². The average Bonchev–Trinajstić information content (AvgIpc) is 2.95. The maximum atomic E-state index is 13.0. The molecule has 0 unspecified atom stereocenters. The van der Waals surface area contributed by atoms with Crippen LogP contribution in [0, 0.1) is 6.92 Å². The largest absolute Gasteiger partial charge is 0.444 e. The van der Waals surface area contributed by atoms with E-state index in [-0.39, 0.29) is 5.91 Å². The van der Waals surface area contributed by atoms with E-state index >= 15 is 0 Å². The third kappa shape index (κ3) is 5.16. The summed E-state index contributed by atoms with van der Waals surface area (Å²) in [6.07, 6.45) is 4.25. The van der Waals surface area contributed by atoms with Gasteiger partial charge in [-0.05, 0) is 70.2 Å². The van der Waals surface area contributed by atoms with Crippen LogP contribution in [-0.2, 0) is 29.4 Å². The Hall–Kier alpha value is -2.83. The van der Waals surface area contributed by atoms with E-state index in [1.807, 2.05) is 64.0 Å². The Kier molecular flexibility index (Phi) is 5.96. The van der Waals surface area contributed by atoms with E-state index in [0.717, 1.165) is 35.3 Å². The van der Waals surface area contributed by atoms with Gasteiger partial charge in [0.15, 0.2) is 0 Å². The third-order valence-electron chi connectivity index (χ3n) is 4.91. The van der Waals surface area contributed by atoms with Gasteiger partial charge in [-0.1, -0.05) is 6.07 Å². The zero-order valence-corrected chi connectivity index (χ0v) is 17.9. The number of anilines is 2. The smallest absolute Gasteiger partial charge is 0.412 e. The maximum Gasteiger partial charge on any atom is 0.412 e. The molecule has 0 saturated heterocycles. The van der Waals surface area contributed by atoms with Gasteiger partial charge < -0.3 is 9.64 Å². The molecule has 2 amide bonds. The first-order valence-electron chi connectivity index (χ1n) is 10.1. The number of aromatic nitrogens is 2. The van der Waals surface area contributed by atoms with Crippen molar-refractivity contribution in [2.75, 3.05) is 16.8 Å². The summed E-state index contributed by atoms with van der Waals surface area (Å²) < 4.78 is 7.15. The summed E-state index contributed by atoms with van der Waals surface area (Å²) in [6.45, 7) is 8.14. The molecule has 1 aromatic heterocycles. The average molecular weight is 399 g/mol. The molecule has 29 heavy (non-hydrogen) atoms. The van der Waals surface area contributed by atoms with Gasteiger partial charge in [0.05, 0.1) is 5.69 Å². The SMILES string of the molecule is Cc1nn(C)cc1CCC(=O)N1CCCc2c(NC(=O)OC(C)(C)C)cccc21. The number of aryl methyl sites for hydroxylation is 3. The van der Waals surface area contributed by atoms with Crippen LogP contribution >= 0.6 is 0 Å². The second-order valence-corrected chi connectivity index (χ2v) is 8.49. The molecular weight excluding hydrogens is 368 g/mol.